The van der Waals surface area contributed by atoms with E-state index < -0.39 is 0 Å². The Balaban J connectivity index is 1.95. The fourth-order valence-electron chi connectivity index (χ4n) is 2.33. The van der Waals surface area contributed by atoms with Gasteiger partial charge in [-0.15, -0.1) is 0 Å². The highest BCUT2D eigenvalue weighted by Gasteiger charge is 2.12. The first-order valence-corrected chi connectivity index (χ1v) is 6.45. The van der Waals surface area contributed by atoms with Crippen molar-refractivity contribution in [3.63, 3.8) is 0 Å². The van der Waals surface area contributed by atoms with Crippen molar-refractivity contribution in [3.8, 4) is 0 Å². The first-order valence-electron chi connectivity index (χ1n) is 6.45. The summed E-state index contributed by atoms with van der Waals surface area (Å²) in [4.78, 5) is 2.20. The number of nitrogens with one attached hydrogen (secondary N) is 2. The summed E-state index contributed by atoms with van der Waals surface area (Å²) < 4.78 is 0. The molecule has 0 radical (unpaired) electrons. The van der Waals surface area contributed by atoms with Crippen LogP contribution in [0.2, 0.25) is 0 Å². The smallest absolute Gasteiger partial charge is 0.0345 e. The van der Waals surface area contributed by atoms with E-state index in [4.69, 9.17) is 0 Å². The average molecular weight is 233 g/mol. The largest absolute Gasteiger partial charge is 0.382 e. The fourth-order valence-corrected chi connectivity index (χ4v) is 2.33. The van der Waals surface area contributed by atoms with Gasteiger partial charge in [0, 0.05) is 18.3 Å². The molecule has 94 valence electrons. The molecule has 0 aliphatic carbocycles. The molecule has 1 heterocycles. The number of piperidine rings is 1. The van der Waals surface area contributed by atoms with Crippen LogP contribution in [0.3, 0.4) is 0 Å². The molecule has 2 N–H and O–H groups in total. The maximum absolute atomic E-state index is 3.64. The van der Waals surface area contributed by atoms with E-state index in [0.717, 1.165) is 19.6 Å². The molecule has 3 nitrogen and oxygen atoms in total. The van der Waals surface area contributed by atoms with Gasteiger partial charge in [0.2, 0.25) is 0 Å². The van der Waals surface area contributed by atoms with E-state index in [2.05, 4.69) is 53.9 Å². The average Bonchev–Trinajstić information content (AvgIpc) is 2.30. The molecule has 0 aromatic heterocycles. The zero-order chi connectivity index (χ0) is 12.1. The lowest BCUT2D eigenvalue weighted by atomic mass is 10.1. The predicted octanol–water partition coefficient (Wildman–Crippen LogP) is 1.91. The SMILES string of the molecule is CN(C)Cc1cccc(NC2CCNCC2)c1. The molecular formula is C14H23N3. The predicted molar refractivity (Wildman–Crippen MR) is 73.3 cm³/mol. The molecule has 3 heteroatoms. The third-order valence-electron chi connectivity index (χ3n) is 3.14. The Labute approximate surface area is 104 Å². The van der Waals surface area contributed by atoms with Crippen molar-refractivity contribution in [3.05, 3.63) is 29.8 Å². The first-order chi connectivity index (χ1) is 8.24. The van der Waals surface area contributed by atoms with Gasteiger partial charge in [-0.25, -0.2) is 0 Å². The van der Waals surface area contributed by atoms with Crippen molar-refractivity contribution in [2.24, 2.45) is 0 Å². The number of nitrogens with zero attached hydrogens (tertiary/aromatic N) is 1. The maximum Gasteiger partial charge on any atom is 0.0345 e. The maximum atomic E-state index is 3.64. The van der Waals surface area contributed by atoms with Gasteiger partial charge in [-0.05, 0) is 57.7 Å². The van der Waals surface area contributed by atoms with Gasteiger partial charge in [0.25, 0.3) is 0 Å². The Kier molecular flexibility index (Phi) is 4.40. The van der Waals surface area contributed by atoms with E-state index in [9.17, 15) is 0 Å². The summed E-state index contributed by atoms with van der Waals surface area (Å²) in [6, 6.07) is 9.39. The minimum atomic E-state index is 0.630. The van der Waals surface area contributed by atoms with E-state index in [-0.39, 0.29) is 0 Å². The monoisotopic (exact) mass is 233 g/mol. The molecule has 0 unspecified atom stereocenters. The van der Waals surface area contributed by atoms with Crippen LogP contribution in [0.25, 0.3) is 0 Å². The third kappa shape index (κ3) is 4.02. The highest BCUT2D eigenvalue weighted by molar-refractivity contribution is 5.46. The van der Waals surface area contributed by atoms with Gasteiger partial charge in [-0.3, -0.25) is 0 Å². The molecule has 1 aromatic rings. The van der Waals surface area contributed by atoms with E-state index in [1.165, 1.54) is 24.1 Å². The molecule has 1 aliphatic rings. The van der Waals surface area contributed by atoms with E-state index in [1.807, 2.05) is 0 Å². The molecule has 0 saturated carbocycles. The molecule has 2 rings (SSSR count). The van der Waals surface area contributed by atoms with E-state index >= 15 is 0 Å². The molecule has 1 aliphatic heterocycles. The number of rotatable bonds is 4. The zero-order valence-electron chi connectivity index (χ0n) is 10.9. The summed E-state index contributed by atoms with van der Waals surface area (Å²) in [7, 11) is 4.21. The lowest BCUT2D eigenvalue weighted by Gasteiger charge is -2.25. The Hall–Kier alpha value is -1.06. The third-order valence-corrected chi connectivity index (χ3v) is 3.14. The van der Waals surface area contributed by atoms with Gasteiger partial charge in [0.05, 0.1) is 0 Å². The van der Waals surface area contributed by atoms with Crippen molar-refractivity contribution in [2.45, 2.75) is 25.4 Å². The molecule has 0 bridgehead atoms. The molecule has 1 aromatic carbocycles. The number of anilines is 1. The minimum absolute atomic E-state index is 0.630. The molecule has 1 saturated heterocycles. The quantitative estimate of drug-likeness (QED) is 0.832. The zero-order valence-corrected chi connectivity index (χ0v) is 10.9. The highest BCUT2D eigenvalue weighted by Crippen LogP contribution is 2.15. The number of benzene rings is 1. The van der Waals surface area contributed by atoms with Crippen LogP contribution in [0, 0.1) is 0 Å². The summed E-state index contributed by atoms with van der Waals surface area (Å²) in [5, 5.41) is 7.03. The van der Waals surface area contributed by atoms with Gasteiger partial charge in [-0.1, -0.05) is 12.1 Å². The second-order valence-corrected chi connectivity index (χ2v) is 5.11. The lowest BCUT2D eigenvalue weighted by molar-refractivity contribution is 0.402. The summed E-state index contributed by atoms with van der Waals surface area (Å²) in [5.41, 5.74) is 2.63. The van der Waals surface area contributed by atoms with Gasteiger partial charge in [-0.2, -0.15) is 0 Å². The van der Waals surface area contributed by atoms with Crippen molar-refractivity contribution in [2.75, 3.05) is 32.5 Å². The van der Waals surface area contributed by atoms with Gasteiger partial charge < -0.3 is 15.5 Å². The minimum Gasteiger partial charge on any atom is -0.382 e. The summed E-state index contributed by atoms with van der Waals surface area (Å²) >= 11 is 0. The lowest BCUT2D eigenvalue weighted by Crippen LogP contribution is -2.35. The van der Waals surface area contributed by atoms with E-state index in [1.54, 1.807) is 0 Å². The van der Waals surface area contributed by atoms with Crippen LogP contribution >= 0.6 is 0 Å². The van der Waals surface area contributed by atoms with Crippen LogP contribution in [-0.2, 0) is 6.54 Å². The standard InChI is InChI=1S/C14H23N3/c1-17(2)11-12-4-3-5-14(10-12)16-13-6-8-15-9-7-13/h3-5,10,13,15-16H,6-9,11H2,1-2H3. The van der Waals surface area contributed by atoms with Crippen LogP contribution < -0.4 is 10.6 Å². The molecule has 1 fully saturated rings. The normalized spacial score (nSPS) is 17.4. The second-order valence-electron chi connectivity index (χ2n) is 5.11. The van der Waals surface area contributed by atoms with Gasteiger partial charge >= 0.3 is 0 Å². The van der Waals surface area contributed by atoms with Crippen molar-refractivity contribution < 1.29 is 0 Å². The Bertz CT molecular complexity index is 343. The molecule has 0 amide bonds. The number of hydrogen-bond donors (Lipinski definition) is 2. The van der Waals surface area contributed by atoms with Crippen LogP contribution in [0.5, 0.6) is 0 Å². The van der Waals surface area contributed by atoms with Crippen LogP contribution in [0.4, 0.5) is 5.69 Å². The molecular weight excluding hydrogens is 210 g/mol. The van der Waals surface area contributed by atoms with Gasteiger partial charge in [0.15, 0.2) is 0 Å². The Morgan fingerprint density at radius 3 is 2.76 bits per heavy atom. The Morgan fingerprint density at radius 2 is 2.06 bits per heavy atom. The van der Waals surface area contributed by atoms with E-state index in [0.29, 0.717) is 6.04 Å². The number of hydrogen-bond acceptors (Lipinski definition) is 3. The molecule has 0 atom stereocenters. The van der Waals surface area contributed by atoms with Crippen LogP contribution in [0.15, 0.2) is 24.3 Å². The van der Waals surface area contributed by atoms with Crippen molar-refractivity contribution in [1.82, 2.24) is 10.2 Å². The van der Waals surface area contributed by atoms with Gasteiger partial charge in [0.1, 0.15) is 0 Å². The topological polar surface area (TPSA) is 27.3 Å². The highest BCUT2D eigenvalue weighted by atomic mass is 15.0. The first kappa shape index (κ1) is 12.4. The molecule has 0 spiro atoms. The van der Waals surface area contributed by atoms with Crippen molar-refractivity contribution >= 4 is 5.69 Å². The summed E-state index contributed by atoms with van der Waals surface area (Å²) in [5.74, 6) is 0. The summed E-state index contributed by atoms with van der Waals surface area (Å²) in [6.45, 7) is 3.27. The summed E-state index contributed by atoms with van der Waals surface area (Å²) in [6.07, 6.45) is 2.44. The Morgan fingerprint density at radius 1 is 1.29 bits per heavy atom. The van der Waals surface area contributed by atoms with Crippen LogP contribution in [0.1, 0.15) is 18.4 Å². The molecule has 17 heavy (non-hydrogen) atoms. The van der Waals surface area contributed by atoms with Crippen LogP contribution in [-0.4, -0.2) is 38.1 Å². The second kappa shape index (κ2) is 6.03. The van der Waals surface area contributed by atoms with Crippen molar-refractivity contribution in [1.29, 1.82) is 0 Å². The fraction of sp³-hybridized carbons (Fsp3) is 0.571.